The molecule has 0 spiro atoms. The number of aliphatic hydroxyl groups excluding tert-OH is 1. The molecular formula is C13H27N3O2. The third-order valence-corrected chi connectivity index (χ3v) is 3.41. The minimum absolute atomic E-state index is 0.0967. The molecule has 1 aliphatic heterocycles. The van der Waals surface area contributed by atoms with Crippen LogP contribution in [0.1, 0.15) is 32.6 Å². The molecule has 1 atom stereocenters. The lowest BCUT2D eigenvalue weighted by Crippen LogP contribution is -2.49. The van der Waals surface area contributed by atoms with Crippen molar-refractivity contribution < 1.29 is 9.90 Å². The molecule has 106 valence electrons. The van der Waals surface area contributed by atoms with Crippen LogP contribution in [-0.2, 0) is 0 Å². The summed E-state index contributed by atoms with van der Waals surface area (Å²) in [5.41, 5.74) is 0. The van der Waals surface area contributed by atoms with E-state index in [4.69, 9.17) is 0 Å². The zero-order chi connectivity index (χ0) is 13.5. The summed E-state index contributed by atoms with van der Waals surface area (Å²) in [5.74, 6) is 0. The fourth-order valence-electron chi connectivity index (χ4n) is 2.30. The largest absolute Gasteiger partial charge is 0.392 e. The van der Waals surface area contributed by atoms with E-state index in [-0.39, 0.29) is 12.1 Å². The Morgan fingerprint density at radius 1 is 1.44 bits per heavy atom. The summed E-state index contributed by atoms with van der Waals surface area (Å²) in [6, 6.07) is 0.530. The molecule has 0 aromatic carbocycles. The van der Waals surface area contributed by atoms with E-state index in [9.17, 15) is 9.90 Å². The second-order valence-electron chi connectivity index (χ2n) is 5.29. The molecule has 5 nitrogen and oxygen atoms in total. The van der Waals surface area contributed by atoms with Crippen LogP contribution < -0.4 is 5.32 Å². The van der Waals surface area contributed by atoms with Crippen molar-refractivity contribution in [3.63, 3.8) is 0 Å². The summed E-state index contributed by atoms with van der Waals surface area (Å²) in [6.07, 6.45) is 3.57. The number of carbonyl (C=O) groups is 1. The summed E-state index contributed by atoms with van der Waals surface area (Å²) >= 11 is 0. The van der Waals surface area contributed by atoms with E-state index in [1.165, 1.54) is 0 Å². The van der Waals surface area contributed by atoms with Gasteiger partial charge in [-0.25, -0.2) is 4.79 Å². The molecule has 18 heavy (non-hydrogen) atoms. The van der Waals surface area contributed by atoms with E-state index in [1.807, 2.05) is 4.90 Å². The Morgan fingerprint density at radius 2 is 2.06 bits per heavy atom. The Hall–Kier alpha value is -0.810. The van der Waals surface area contributed by atoms with Gasteiger partial charge in [0, 0.05) is 39.8 Å². The molecule has 5 heteroatoms. The molecule has 1 rings (SSSR count). The van der Waals surface area contributed by atoms with Crippen molar-refractivity contribution in [1.82, 2.24) is 15.1 Å². The number of aliphatic hydroxyl groups is 1. The highest BCUT2D eigenvalue weighted by atomic mass is 16.3. The molecule has 1 aliphatic rings. The number of piperidine rings is 1. The monoisotopic (exact) mass is 257 g/mol. The SMILES string of the molecule is CCCC(O)CNC1CCN(C(=O)N(C)C)CC1. The number of carbonyl (C=O) groups excluding carboxylic acids is 1. The lowest BCUT2D eigenvalue weighted by molar-refractivity contribution is 0.136. The topological polar surface area (TPSA) is 55.8 Å². The minimum Gasteiger partial charge on any atom is -0.392 e. The van der Waals surface area contributed by atoms with E-state index >= 15 is 0 Å². The maximum Gasteiger partial charge on any atom is 0.319 e. The van der Waals surface area contributed by atoms with Crippen LogP contribution in [0.2, 0.25) is 0 Å². The first kappa shape index (κ1) is 15.2. The van der Waals surface area contributed by atoms with Gasteiger partial charge >= 0.3 is 6.03 Å². The molecule has 0 aliphatic carbocycles. The summed E-state index contributed by atoms with van der Waals surface area (Å²) in [6.45, 7) is 4.35. The molecule has 1 unspecified atom stereocenters. The van der Waals surface area contributed by atoms with Crippen molar-refractivity contribution in [2.75, 3.05) is 33.7 Å². The number of amides is 2. The Balaban J connectivity index is 2.21. The predicted molar refractivity (Wildman–Crippen MR) is 72.6 cm³/mol. The Labute approximate surface area is 110 Å². The van der Waals surface area contributed by atoms with Crippen LogP contribution in [0.25, 0.3) is 0 Å². The number of nitrogens with zero attached hydrogens (tertiary/aromatic N) is 2. The van der Waals surface area contributed by atoms with E-state index in [1.54, 1.807) is 19.0 Å². The van der Waals surface area contributed by atoms with Gasteiger partial charge in [-0.2, -0.15) is 0 Å². The second-order valence-corrected chi connectivity index (χ2v) is 5.29. The fourth-order valence-corrected chi connectivity index (χ4v) is 2.30. The van der Waals surface area contributed by atoms with E-state index in [2.05, 4.69) is 12.2 Å². The number of rotatable bonds is 5. The van der Waals surface area contributed by atoms with Crippen molar-refractivity contribution in [3.05, 3.63) is 0 Å². The third kappa shape index (κ3) is 4.82. The van der Waals surface area contributed by atoms with Crippen LogP contribution in [-0.4, -0.2) is 66.8 Å². The van der Waals surface area contributed by atoms with E-state index < -0.39 is 0 Å². The molecule has 1 fully saturated rings. The molecule has 0 saturated carbocycles. The Bertz CT molecular complexity index is 251. The Morgan fingerprint density at radius 3 is 2.56 bits per heavy atom. The Kier molecular flexibility index (Phi) is 6.43. The van der Waals surface area contributed by atoms with Gasteiger partial charge in [0.1, 0.15) is 0 Å². The molecule has 0 aromatic heterocycles. The number of urea groups is 1. The molecule has 0 bridgehead atoms. The van der Waals surface area contributed by atoms with Gasteiger partial charge in [0.05, 0.1) is 6.10 Å². The molecule has 0 aromatic rings. The zero-order valence-corrected chi connectivity index (χ0v) is 11.9. The van der Waals surface area contributed by atoms with Crippen molar-refractivity contribution >= 4 is 6.03 Å². The molecule has 2 N–H and O–H groups in total. The quantitative estimate of drug-likeness (QED) is 0.769. The van der Waals surface area contributed by atoms with Gasteiger partial charge in [-0.3, -0.25) is 0 Å². The zero-order valence-electron chi connectivity index (χ0n) is 11.9. The van der Waals surface area contributed by atoms with Crippen LogP contribution >= 0.6 is 0 Å². The lowest BCUT2D eigenvalue weighted by atomic mass is 10.0. The van der Waals surface area contributed by atoms with Crippen LogP contribution in [0, 0.1) is 0 Å². The standard InChI is InChI=1S/C13H27N3O2/c1-4-5-12(17)10-14-11-6-8-16(9-7-11)13(18)15(2)3/h11-12,14,17H,4-10H2,1-3H3. The maximum atomic E-state index is 11.7. The summed E-state index contributed by atoms with van der Waals surface area (Å²) < 4.78 is 0. The number of likely N-dealkylation sites (tertiary alicyclic amines) is 1. The molecule has 1 heterocycles. The van der Waals surface area contributed by atoms with Crippen molar-refractivity contribution in [2.45, 2.75) is 44.8 Å². The molecular weight excluding hydrogens is 230 g/mol. The van der Waals surface area contributed by atoms with Crippen LogP contribution in [0.3, 0.4) is 0 Å². The average molecular weight is 257 g/mol. The smallest absolute Gasteiger partial charge is 0.319 e. The fraction of sp³-hybridized carbons (Fsp3) is 0.923. The predicted octanol–water partition coefficient (Wildman–Crippen LogP) is 0.883. The van der Waals surface area contributed by atoms with Gasteiger partial charge in [0.2, 0.25) is 0 Å². The van der Waals surface area contributed by atoms with Crippen LogP contribution in [0.4, 0.5) is 4.79 Å². The van der Waals surface area contributed by atoms with Gasteiger partial charge < -0.3 is 20.2 Å². The first-order chi connectivity index (χ1) is 8.54. The maximum absolute atomic E-state index is 11.7. The average Bonchev–Trinajstić information content (AvgIpc) is 2.36. The van der Waals surface area contributed by atoms with E-state index in [0.29, 0.717) is 12.6 Å². The number of hydrogen-bond acceptors (Lipinski definition) is 3. The first-order valence-electron chi connectivity index (χ1n) is 6.92. The lowest BCUT2D eigenvalue weighted by Gasteiger charge is -2.34. The second kappa shape index (κ2) is 7.59. The highest BCUT2D eigenvalue weighted by molar-refractivity contribution is 5.73. The van der Waals surface area contributed by atoms with Crippen molar-refractivity contribution in [3.8, 4) is 0 Å². The van der Waals surface area contributed by atoms with Gasteiger partial charge in [-0.05, 0) is 19.3 Å². The minimum atomic E-state index is -0.239. The first-order valence-corrected chi connectivity index (χ1v) is 6.92. The van der Waals surface area contributed by atoms with Gasteiger partial charge in [-0.15, -0.1) is 0 Å². The number of hydrogen-bond donors (Lipinski definition) is 2. The normalized spacial score (nSPS) is 18.8. The number of nitrogens with one attached hydrogen (secondary N) is 1. The molecule has 0 radical (unpaired) electrons. The van der Waals surface area contributed by atoms with Crippen LogP contribution in [0.15, 0.2) is 0 Å². The van der Waals surface area contributed by atoms with Gasteiger partial charge in [0.15, 0.2) is 0 Å². The highest BCUT2D eigenvalue weighted by Gasteiger charge is 2.23. The summed E-state index contributed by atoms with van der Waals surface area (Å²) in [4.78, 5) is 15.3. The van der Waals surface area contributed by atoms with Gasteiger partial charge in [0.25, 0.3) is 0 Å². The molecule has 1 saturated heterocycles. The van der Waals surface area contributed by atoms with Crippen molar-refractivity contribution in [1.29, 1.82) is 0 Å². The van der Waals surface area contributed by atoms with Crippen molar-refractivity contribution in [2.24, 2.45) is 0 Å². The molecule has 2 amide bonds. The van der Waals surface area contributed by atoms with Crippen LogP contribution in [0.5, 0.6) is 0 Å². The summed E-state index contributed by atoms with van der Waals surface area (Å²) in [5, 5.41) is 13.1. The van der Waals surface area contributed by atoms with E-state index in [0.717, 1.165) is 38.8 Å². The highest BCUT2D eigenvalue weighted by Crippen LogP contribution is 2.11. The summed E-state index contributed by atoms with van der Waals surface area (Å²) in [7, 11) is 3.57. The van der Waals surface area contributed by atoms with Gasteiger partial charge in [-0.1, -0.05) is 13.3 Å². The third-order valence-electron chi connectivity index (χ3n) is 3.41.